The molecule has 0 saturated heterocycles. The Morgan fingerprint density at radius 2 is 2.06 bits per heavy atom. The molecule has 0 saturated carbocycles. The van der Waals surface area contributed by atoms with E-state index in [9.17, 15) is 9.18 Å². The van der Waals surface area contributed by atoms with Crippen LogP contribution < -0.4 is 10.6 Å². The Balaban J connectivity index is 2.61. The summed E-state index contributed by atoms with van der Waals surface area (Å²) in [6.45, 7) is 5.67. The molecule has 2 N–H and O–H groups in total. The summed E-state index contributed by atoms with van der Waals surface area (Å²) in [5, 5.41) is 6.06. The summed E-state index contributed by atoms with van der Waals surface area (Å²) in [7, 11) is 0. The van der Waals surface area contributed by atoms with Gasteiger partial charge in [0.25, 0.3) is 0 Å². The molecule has 100 valence electrons. The predicted molar refractivity (Wildman–Crippen MR) is 71.1 cm³/mol. The number of carbonyl (C=O) groups excluding carboxylic acids is 1. The third-order valence-corrected chi connectivity index (χ3v) is 2.78. The molecule has 0 aromatic heterocycles. The van der Waals surface area contributed by atoms with Crippen molar-refractivity contribution in [3.05, 3.63) is 34.6 Å². The van der Waals surface area contributed by atoms with Crippen molar-refractivity contribution >= 4 is 17.5 Å². The van der Waals surface area contributed by atoms with E-state index < -0.39 is 0 Å². The first kappa shape index (κ1) is 14.9. The van der Waals surface area contributed by atoms with E-state index in [0.717, 1.165) is 0 Å². The van der Waals surface area contributed by atoms with Gasteiger partial charge in [-0.1, -0.05) is 17.7 Å². The smallest absolute Gasteiger partial charge is 0.234 e. The lowest BCUT2D eigenvalue weighted by Crippen LogP contribution is -2.38. The Morgan fingerprint density at radius 3 is 2.61 bits per heavy atom. The summed E-state index contributed by atoms with van der Waals surface area (Å²) < 4.78 is 13.6. The second-order valence-corrected chi connectivity index (χ2v) is 4.87. The van der Waals surface area contributed by atoms with E-state index in [4.69, 9.17) is 11.6 Å². The molecule has 0 spiro atoms. The first-order valence-electron chi connectivity index (χ1n) is 5.88. The predicted octanol–water partition coefficient (Wildman–Crippen LogP) is 2.65. The lowest BCUT2D eigenvalue weighted by molar-refractivity contribution is -0.120. The molecule has 0 aliphatic heterocycles. The minimum absolute atomic E-state index is 0.0895. The third kappa shape index (κ3) is 4.27. The van der Waals surface area contributed by atoms with Crippen molar-refractivity contribution in [1.29, 1.82) is 0 Å². The van der Waals surface area contributed by atoms with Crippen LogP contribution in [0, 0.1) is 5.82 Å². The summed E-state index contributed by atoms with van der Waals surface area (Å²) in [4.78, 5) is 11.5. The monoisotopic (exact) mass is 272 g/mol. The van der Waals surface area contributed by atoms with Crippen molar-refractivity contribution in [2.75, 3.05) is 6.54 Å². The fourth-order valence-electron chi connectivity index (χ4n) is 1.65. The molecule has 1 amide bonds. The van der Waals surface area contributed by atoms with Gasteiger partial charge in [-0.25, -0.2) is 4.39 Å². The SMILES string of the molecule is CC(C)NC(=O)CN[C@@H](C)c1c(F)cccc1Cl. The molecule has 18 heavy (non-hydrogen) atoms. The highest BCUT2D eigenvalue weighted by Gasteiger charge is 2.15. The quantitative estimate of drug-likeness (QED) is 0.865. The first-order chi connectivity index (χ1) is 8.41. The van der Waals surface area contributed by atoms with Crippen LogP contribution in [-0.2, 0) is 4.79 Å². The molecule has 3 nitrogen and oxygen atoms in total. The van der Waals surface area contributed by atoms with Gasteiger partial charge >= 0.3 is 0 Å². The Bertz CT molecular complexity index is 403. The molecule has 1 rings (SSSR count). The second-order valence-electron chi connectivity index (χ2n) is 4.46. The number of halogens is 2. The van der Waals surface area contributed by atoms with Crippen LogP contribution in [0.15, 0.2) is 18.2 Å². The summed E-state index contributed by atoms with van der Waals surface area (Å²) in [5.74, 6) is -0.490. The molecule has 0 aliphatic rings. The second kappa shape index (κ2) is 6.71. The van der Waals surface area contributed by atoms with E-state index in [1.54, 1.807) is 19.1 Å². The minimum atomic E-state index is -0.369. The highest BCUT2D eigenvalue weighted by atomic mass is 35.5. The third-order valence-electron chi connectivity index (χ3n) is 2.45. The molecule has 0 heterocycles. The number of nitrogens with one attached hydrogen (secondary N) is 2. The lowest BCUT2D eigenvalue weighted by atomic mass is 10.1. The van der Waals surface area contributed by atoms with E-state index in [0.29, 0.717) is 10.6 Å². The van der Waals surface area contributed by atoms with Crippen molar-refractivity contribution in [3.63, 3.8) is 0 Å². The summed E-state index contributed by atoms with van der Waals surface area (Å²) >= 11 is 5.94. The highest BCUT2D eigenvalue weighted by Crippen LogP contribution is 2.25. The van der Waals surface area contributed by atoms with Crippen molar-refractivity contribution < 1.29 is 9.18 Å². The van der Waals surface area contributed by atoms with Crippen LogP contribution in [0.4, 0.5) is 4.39 Å². The average molecular weight is 273 g/mol. The zero-order valence-corrected chi connectivity index (χ0v) is 11.5. The molecule has 1 aromatic rings. The Morgan fingerprint density at radius 1 is 1.39 bits per heavy atom. The molecular weight excluding hydrogens is 255 g/mol. The van der Waals surface area contributed by atoms with Gasteiger partial charge in [0.05, 0.1) is 6.54 Å². The van der Waals surface area contributed by atoms with Crippen LogP contribution in [0.2, 0.25) is 5.02 Å². The Kier molecular flexibility index (Phi) is 5.56. The zero-order chi connectivity index (χ0) is 13.7. The molecule has 0 bridgehead atoms. The number of rotatable bonds is 5. The molecule has 0 aliphatic carbocycles. The molecule has 0 fully saturated rings. The molecule has 0 radical (unpaired) electrons. The maximum atomic E-state index is 13.6. The van der Waals surface area contributed by atoms with E-state index in [1.807, 2.05) is 13.8 Å². The minimum Gasteiger partial charge on any atom is -0.353 e. The van der Waals surface area contributed by atoms with Gasteiger partial charge in [-0.05, 0) is 32.9 Å². The average Bonchev–Trinajstić information content (AvgIpc) is 2.25. The number of carbonyl (C=O) groups is 1. The fraction of sp³-hybridized carbons (Fsp3) is 0.462. The fourth-order valence-corrected chi connectivity index (χ4v) is 1.97. The van der Waals surface area contributed by atoms with Crippen molar-refractivity contribution in [1.82, 2.24) is 10.6 Å². The van der Waals surface area contributed by atoms with Gasteiger partial charge in [-0.2, -0.15) is 0 Å². The molecule has 0 unspecified atom stereocenters. The molecule has 1 aromatic carbocycles. The van der Waals surface area contributed by atoms with Gasteiger partial charge in [0.15, 0.2) is 0 Å². The summed E-state index contributed by atoms with van der Waals surface area (Å²) in [5.41, 5.74) is 0.386. The number of hydrogen-bond acceptors (Lipinski definition) is 2. The number of hydrogen-bond donors (Lipinski definition) is 2. The molecule has 5 heteroatoms. The van der Waals surface area contributed by atoms with E-state index in [2.05, 4.69) is 10.6 Å². The topological polar surface area (TPSA) is 41.1 Å². The molecular formula is C13H18ClFN2O. The number of amides is 1. The van der Waals surface area contributed by atoms with Crippen molar-refractivity contribution in [2.45, 2.75) is 32.9 Å². The van der Waals surface area contributed by atoms with Crippen LogP contribution in [0.25, 0.3) is 0 Å². The van der Waals surface area contributed by atoms with Gasteiger partial charge in [-0.15, -0.1) is 0 Å². The van der Waals surface area contributed by atoms with Crippen LogP contribution in [0.1, 0.15) is 32.4 Å². The normalized spacial score (nSPS) is 12.6. The van der Waals surface area contributed by atoms with E-state index >= 15 is 0 Å². The first-order valence-corrected chi connectivity index (χ1v) is 6.26. The van der Waals surface area contributed by atoms with Crippen molar-refractivity contribution in [3.8, 4) is 0 Å². The van der Waals surface area contributed by atoms with Gasteiger partial charge in [0.2, 0.25) is 5.91 Å². The van der Waals surface area contributed by atoms with Crippen molar-refractivity contribution in [2.24, 2.45) is 0 Å². The van der Waals surface area contributed by atoms with Gasteiger partial charge in [-0.3, -0.25) is 4.79 Å². The van der Waals surface area contributed by atoms with E-state index in [1.165, 1.54) is 6.07 Å². The Hall–Kier alpha value is -1.13. The summed E-state index contributed by atoms with van der Waals surface area (Å²) in [6, 6.07) is 4.31. The standard InChI is InChI=1S/C13H18ClFN2O/c1-8(2)17-12(18)7-16-9(3)13-10(14)5-4-6-11(13)15/h4-6,8-9,16H,7H2,1-3H3,(H,17,18)/t9-/m0/s1. The Labute approximate surface area is 112 Å². The van der Waals surface area contributed by atoms with E-state index in [-0.39, 0.29) is 30.4 Å². The number of benzene rings is 1. The maximum Gasteiger partial charge on any atom is 0.234 e. The lowest BCUT2D eigenvalue weighted by Gasteiger charge is -2.17. The summed E-state index contributed by atoms with van der Waals surface area (Å²) in [6.07, 6.45) is 0. The van der Waals surface area contributed by atoms with Crippen LogP contribution in [-0.4, -0.2) is 18.5 Å². The zero-order valence-electron chi connectivity index (χ0n) is 10.8. The van der Waals surface area contributed by atoms with Crippen LogP contribution in [0.3, 0.4) is 0 Å². The maximum absolute atomic E-state index is 13.6. The van der Waals surface area contributed by atoms with Gasteiger partial charge in [0.1, 0.15) is 5.82 Å². The van der Waals surface area contributed by atoms with Crippen LogP contribution in [0.5, 0.6) is 0 Å². The van der Waals surface area contributed by atoms with Gasteiger partial charge in [0, 0.05) is 22.7 Å². The van der Waals surface area contributed by atoms with Crippen LogP contribution >= 0.6 is 11.6 Å². The molecule has 1 atom stereocenters. The largest absolute Gasteiger partial charge is 0.353 e. The van der Waals surface area contributed by atoms with Gasteiger partial charge < -0.3 is 10.6 Å². The highest BCUT2D eigenvalue weighted by molar-refractivity contribution is 6.31.